The topological polar surface area (TPSA) is 139 Å². The van der Waals surface area contributed by atoms with Gasteiger partial charge in [0, 0.05) is 27.2 Å². The van der Waals surface area contributed by atoms with Crippen molar-refractivity contribution in [1.82, 2.24) is 18.7 Å². The van der Waals surface area contributed by atoms with Crippen LogP contribution >= 0.6 is 0 Å². The lowest BCUT2D eigenvalue weighted by Crippen LogP contribution is -2.38. The summed E-state index contributed by atoms with van der Waals surface area (Å²) in [7, 11) is 4.51. The molecule has 4 N–H and O–H groups in total. The molecule has 0 amide bonds. The third kappa shape index (κ3) is 4.16. The van der Waals surface area contributed by atoms with Crippen LogP contribution in [0.25, 0.3) is 11.2 Å². The fraction of sp³-hybridized carbons (Fsp3) is 0.421. The van der Waals surface area contributed by atoms with Crippen LogP contribution in [-0.2, 0) is 20.6 Å². The number of nitrogens with two attached hydrogens (primary N) is 1. The molecule has 0 saturated heterocycles. The highest BCUT2D eigenvalue weighted by atomic mass is 16.5. The van der Waals surface area contributed by atoms with Crippen molar-refractivity contribution in [2.45, 2.75) is 12.6 Å². The maximum atomic E-state index is 12.7. The third-order valence-corrected chi connectivity index (χ3v) is 4.67. The van der Waals surface area contributed by atoms with Crippen LogP contribution in [0.4, 0.5) is 5.95 Å². The van der Waals surface area contributed by atoms with Crippen molar-refractivity contribution in [2.75, 3.05) is 32.1 Å². The minimum Gasteiger partial charge on any atom is -0.497 e. The van der Waals surface area contributed by atoms with Crippen molar-refractivity contribution < 1.29 is 14.6 Å². The number of benzene rings is 1. The van der Waals surface area contributed by atoms with Gasteiger partial charge in [-0.1, -0.05) is 0 Å². The number of aliphatic hydroxyl groups is 1. The highest BCUT2D eigenvalue weighted by molar-refractivity contribution is 5.74. The molecule has 0 saturated carbocycles. The molecule has 0 fully saturated rings. The molecule has 11 nitrogen and oxygen atoms in total. The van der Waals surface area contributed by atoms with Gasteiger partial charge in [-0.3, -0.25) is 13.9 Å². The highest BCUT2D eigenvalue weighted by Gasteiger charge is 2.21. The van der Waals surface area contributed by atoms with Crippen molar-refractivity contribution in [3.63, 3.8) is 0 Å². The Labute approximate surface area is 172 Å². The van der Waals surface area contributed by atoms with Gasteiger partial charge in [0.1, 0.15) is 24.2 Å². The van der Waals surface area contributed by atoms with Gasteiger partial charge in [0.05, 0.1) is 13.7 Å². The summed E-state index contributed by atoms with van der Waals surface area (Å²) in [6.07, 6.45) is -0.940. The minimum absolute atomic E-state index is 0.00555. The second-order valence-electron chi connectivity index (χ2n) is 6.78. The van der Waals surface area contributed by atoms with E-state index in [9.17, 15) is 14.7 Å². The smallest absolute Gasteiger partial charge is 0.332 e. The van der Waals surface area contributed by atoms with E-state index in [0.29, 0.717) is 30.5 Å². The van der Waals surface area contributed by atoms with E-state index in [1.54, 1.807) is 35.9 Å². The van der Waals surface area contributed by atoms with Gasteiger partial charge >= 0.3 is 5.69 Å². The zero-order valence-electron chi connectivity index (χ0n) is 17.2. The molecule has 11 heteroatoms. The molecular weight excluding hydrogens is 392 g/mol. The number of nitrogens with one attached hydrogen (secondary N) is 1. The maximum Gasteiger partial charge on any atom is 0.332 e. The summed E-state index contributed by atoms with van der Waals surface area (Å²) >= 11 is 0. The van der Waals surface area contributed by atoms with Gasteiger partial charge in [0.2, 0.25) is 5.95 Å². The number of methoxy groups -OCH3 is 1. The van der Waals surface area contributed by atoms with E-state index < -0.39 is 17.4 Å². The van der Waals surface area contributed by atoms with Crippen molar-refractivity contribution in [3.8, 4) is 11.5 Å². The monoisotopic (exact) mass is 418 g/mol. The Morgan fingerprint density at radius 2 is 1.83 bits per heavy atom. The van der Waals surface area contributed by atoms with Crippen LogP contribution in [0, 0.1) is 0 Å². The first-order valence-corrected chi connectivity index (χ1v) is 9.42. The largest absolute Gasteiger partial charge is 0.497 e. The Hall–Kier alpha value is -3.31. The highest BCUT2D eigenvalue weighted by Crippen LogP contribution is 2.19. The molecule has 0 aliphatic rings. The van der Waals surface area contributed by atoms with Crippen LogP contribution in [0.3, 0.4) is 0 Å². The number of anilines is 1. The van der Waals surface area contributed by atoms with Crippen molar-refractivity contribution >= 4 is 17.1 Å². The number of aryl methyl sites for hydroxylation is 1. The minimum atomic E-state index is -0.940. The average molecular weight is 418 g/mol. The van der Waals surface area contributed by atoms with Crippen LogP contribution in [0.1, 0.15) is 0 Å². The van der Waals surface area contributed by atoms with E-state index in [1.165, 1.54) is 18.7 Å². The van der Waals surface area contributed by atoms with E-state index >= 15 is 0 Å². The van der Waals surface area contributed by atoms with Gasteiger partial charge in [-0.15, -0.1) is 0 Å². The summed E-state index contributed by atoms with van der Waals surface area (Å²) in [5.41, 5.74) is 5.03. The van der Waals surface area contributed by atoms with Crippen LogP contribution in [0.5, 0.6) is 11.5 Å². The molecule has 3 rings (SSSR count). The van der Waals surface area contributed by atoms with E-state index in [4.69, 9.17) is 15.2 Å². The van der Waals surface area contributed by atoms with Crippen molar-refractivity contribution in [2.24, 2.45) is 19.8 Å². The summed E-state index contributed by atoms with van der Waals surface area (Å²) in [6, 6.07) is 6.98. The van der Waals surface area contributed by atoms with E-state index in [1.807, 2.05) is 0 Å². The number of imidazole rings is 1. The number of nitrogens with zero attached hydrogens (tertiary/aromatic N) is 4. The quantitative estimate of drug-likeness (QED) is 0.413. The first-order valence-electron chi connectivity index (χ1n) is 9.42. The molecule has 162 valence electrons. The fourth-order valence-electron chi connectivity index (χ4n) is 3.07. The Morgan fingerprint density at radius 3 is 2.47 bits per heavy atom. The van der Waals surface area contributed by atoms with Crippen LogP contribution in [0.15, 0.2) is 33.9 Å². The Morgan fingerprint density at radius 1 is 1.17 bits per heavy atom. The molecule has 2 heterocycles. The number of hydrogen-bond donors (Lipinski definition) is 3. The molecule has 30 heavy (non-hydrogen) atoms. The van der Waals surface area contributed by atoms with Crippen LogP contribution in [-0.4, -0.2) is 56.7 Å². The van der Waals surface area contributed by atoms with E-state index in [-0.39, 0.29) is 24.3 Å². The fourth-order valence-corrected chi connectivity index (χ4v) is 3.07. The van der Waals surface area contributed by atoms with Crippen molar-refractivity contribution in [1.29, 1.82) is 0 Å². The van der Waals surface area contributed by atoms with Crippen molar-refractivity contribution in [3.05, 3.63) is 45.1 Å². The molecule has 0 aliphatic carbocycles. The number of aromatic nitrogens is 4. The number of aliphatic hydroxyl groups excluding tert-OH is 1. The lowest BCUT2D eigenvalue weighted by atomic mass is 10.3. The molecule has 2 aromatic heterocycles. The summed E-state index contributed by atoms with van der Waals surface area (Å²) in [5.74, 6) is 1.62. The zero-order valence-corrected chi connectivity index (χ0v) is 17.2. The van der Waals surface area contributed by atoms with Crippen LogP contribution < -0.4 is 31.8 Å². The maximum absolute atomic E-state index is 12.7. The number of rotatable bonds is 9. The number of fused-ring (bicyclic) bond motifs is 1. The summed E-state index contributed by atoms with van der Waals surface area (Å²) in [5, 5.41) is 13.6. The number of ether oxygens (including phenoxy) is 2. The van der Waals surface area contributed by atoms with Gasteiger partial charge in [-0.05, 0) is 24.3 Å². The lowest BCUT2D eigenvalue weighted by molar-refractivity contribution is 0.0938. The molecule has 3 aromatic rings. The standard InChI is InChI=1S/C19H26N6O5/c1-23-16-15(17(27)24(2)19(23)28)25(18(22-16)21-9-8-20)10-12(26)11-30-14-6-4-13(29-3)5-7-14/h4-7,12,26H,8-11,20H2,1-3H3,(H,21,22)/t12-/m1/s1. The SMILES string of the molecule is COc1ccc(OC[C@H](O)Cn2c(NCCN)nc3c2c(=O)n(C)c(=O)n3C)cc1. The summed E-state index contributed by atoms with van der Waals surface area (Å²) < 4.78 is 14.6. The first kappa shape index (κ1) is 21.4. The second-order valence-corrected chi connectivity index (χ2v) is 6.78. The molecule has 0 aliphatic heterocycles. The first-order chi connectivity index (χ1) is 14.4. The number of hydrogen-bond acceptors (Lipinski definition) is 8. The molecule has 0 bridgehead atoms. The third-order valence-electron chi connectivity index (χ3n) is 4.67. The van der Waals surface area contributed by atoms with Gasteiger partial charge < -0.3 is 30.2 Å². The molecule has 0 spiro atoms. The average Bonchev–Trinajstić information content (AvgIpc) is 3.11. The predicted octanol–water partition coefficient (Wildman–Crippen LogP) is -0.747. The normalized spacial score (nSPS) is 12.2. The Kier molecular flexibility index (Phi) is 6.43. The van der Waals surface area contributed by atoms with Gasteiger partial charge in [-0.2, -0.15) is 4.98 Å². The predicted molar refractivity (Wildman–Crippen MR) is 112 cm³/mol. The Balaban J connectivity index is 1.88. The molecular formula is C19H26N6O5. The van der Waals surface area contributed by atoms with E-state index in [2.05, 4.69) is 10.3 Å². The molecule has 0 radical (unpaired) electrons. The zero-order chi connectivity index (χ0) is 21.8. The van der Waals surface area contributed by atoms with E-state index in [0.717, 1.165) is 4.57 Å². The molecule has 1 atom stereocenters. The second kappa shape index (κ2) is 9.01. The summed E-state index contributed by atoms with van der Waals surface area (Å²) in [4.78, 5) is 29.3. The van der Waals surface area contributed by atoms with Crippen LogP contribution in [0.2, 0.25) is 0 Å². The van der Waals surface area contributed by atoms with Gasteiger partial charge in [0.15, 0.2) is 11.2 Å². The summed E-state index contributed by atoms with van der Waals surface area (Å²) in [6.45, 7) is 0.792. The van der Waals surface area contributed by atoms with Gasteiger partial charge in [-0.25, -0.2) is 4.79 Å². The Bertz CT molecular complexity index is 1130. The molecule has 1 aromatic carbocycles. The molecule has 0 unspecified atom stereocenters. The van der Waals surface area contributed by atoms with Gasteiger partial charge in [0.25, 0.3) is 5.56 Å². The lowest BCUT2D eigenvalue weighted by Gasteiger charge is -2.16.